The number of aromatic nitrogens is 3. The van der Waals surface area contributed by atoms with E-state index in [1.807, 2.05) is 0 Å². The molecule has 7 heteroatoms. The molecule has 4 nitrogen and oxygen atoms in total. The Hall–Kier alpha value is -0.970. The van der Waals surface area contributed by atoms with E-state index in [-0.39, 0.29) is 11.0 Å². The van der Waals surface area contributed by atoms with Gasteiger partial charge in [0.25, 0.3) is 0 Å². The highest BCUT2D eigenvalue weighted by molar-refractivity contribution is 6.42. The molecule has 2 N–H and O–H groups in total. The Labute approximate surface area is 101 Å². The number of nitrogen functional groups attached to an aromatic ring is 1. The summed E-state index contributed by atoms with van der Waals surface area (Å²) < 4.78 is 0. The lowest BCUT2D eigenvalue weighted by Gasteiger charge is -2.00. The van der Waals surface area contributed by atoms with Gasteiger partial charge in [-0.05, 0) is 18.2 Å². The van der Waals surface area contributed by atoms with Crippen LogP contribution in [0.5, 0.6) is 0 Å². The number of rotatable bonds is 1. The predicted octanol–water partition coefficient (Wildman–Crippen LogP) is 2.81. The third-order valence-corrected chi connectivity index (χ3v) is 2.74. The summed E-state index contributed by atoms with van der Waals surface area (Å²) in [6.45, 7) is 0. The van der Waals surface area contributed by atoms with Crippen molar-refractivity contribution in [2.24, 2.45) is 0 Å². The number of benzene rings is 1. The molecule has 0 atom stereocenters. The van der Waals surface area contributed by atoms with Crippen LogP contribution in [0.4, 0.5) is 5.82 Å². The Morgan fingerprint density at radius 1 is 1.07 bits per heavy atom. The van der Waals surface area contributed by atoms with Crippen LogP contribution < -0.4 is 5.73 Å². The zero-order valence-electron chi connectivity index (χ0n) is 7.28. The average Bonchev–Trinajstić information content (AvgIpc) is 2.52. The second-order valence-electron chi connectivity index (χ2n) is 2.76. The SMILES string of the molecule is Nc1nn(-c2ccc(Cl)c(Cl)c2)nc1Cl. The molecule has 15 heavy (non-hydrogen) atoms. The van der Waals surface area contributed by atoms with Gasteiger partial charge in [0, 0.05) is 0 Å². The number of hydrogen-bond acceptors (Lipinski definition) is 3. The lowest BCUT2D eigenvalue weighted by atomic mass is 10.3. The van der Waals surface area contributed by atoms with E-state index in [4.69, 9.17) is 40.5 Å². The maximum Gasteiger partial charge on any atom is 0.195 e. The van der Waals surface area contributed by atoms with Crippen LogP contribution in [0.2, 0.25) is 15.2 Å². The molecule has 0 aliphatic rings. The average molecular weight is 264 g/mol. The van der Waals surface area contributed by atoms with Gasteiger partial charge in [-0.3, -0.25) is 0 Å². The Balaban J connectivity index is 2.49. The van der Waals surface area contributed by atoms with E-state index in [1.165, 1.54) is 4.80 Å². The fourth-order valence-electron chi connectivity index (χ4n) is 1.02. The van der Waals surface area contributed by atoms with Crippen molar-refractivity contribution in [3.05, 3.63) is 33.4 Å². The predicted molar refractivity (Wildman–Crippen MR) is 60.8 cm³/mol. The van der Waals surface area contributed by atoms with Gasteiger partial charge in [-0.15, -0.1) is 15.0 Å². The first-order valence-corrected chi connectivity index (χ1v) is 5.05. The molecule has 0 saturated heterocycles. The lowest BCUT2D eigenvalue weighted by molar-refractivity contribution is 0.755. The van der Waals surface area contributed by atoms with Crippen LogP contribution in [0.15, 0.2) is 18.2 Å². The van der Waals surface area contributed by atoms with Crippen molar-refractivity contribution in [2.75, 3.05) is 5.73 Å². The van der Waals surface area contributed by atoms with Crippen LogP contribution in [0.3, 0.4) is 0 Å². The Bertz CT molecular complexity index is 489. The van der Waals surface area contributed by atoms with Crippen molar-refractivity contribution < 1.29 is 0 Å². The molecule has 2 aromatic rings. The molecule has 0 amide bonds. The van der Waals surface area contributed by atoms with Gasteiger partial charge >= 0.3 is 0 Å². The van der Waals surface area contributed by atoms with E-state index in [0.717, 1.165) is 0 Å². The van der Waals surface area contributed by atoms with E-state index in [9.17, 15) is 0 Å². The quantitative estimate of drug-likeness (QED) is 0.861. The summed E-state index contributed by atoms with van der Waals surface area (Å²) in [5.74, 6) is 0.169. The van der Waals surface area contributed by atoms with Gasteiger partial charge in [0.2, 0.25) is 0 Å². The maximum atomic E-state index is 5.85. The van der Waals surface area contributed by atoms with E-state index < -0.39 is 0 Å². The summed E-state index contributed by atoms with van der Waals surface area (Å²) >= 11 is 17.3. The number of halogens is 3. The van der Waals surface area contributed by atoms with Crippen molar-refractivity contribution in [2.45, 2.75) is 0 Å². The topological polar surface area (TPSA) is 56.7 Å². The zero-order valence-corrected chi connectivity index (χ0v) is 9.55. The fraction of sp³-hybridized carbons (Fsp3) is 0. The molecule has 1 aromatic heterocycles. The van der Waals surface area contributed by atoms with Gasteiger partial charge in [-0.2, -0.15) is 0 Å². The van der Waals surface area contributed by atoms with Crippen molar-refractivity contribution in [3.8, 4) is 5.69 Å². The van der Waals surface area contributed by atoms with Crippen LogP contribution >= 0.6 is 34.8 Å². The normalized spacial score (nSPS) is 10.6. The van der Waals surface area contributed by atoms with E-state index >= 15 is 0 Å². The minimum absolute atomic E-state index is 0.154. The number of hydrogen-bond donors (Lipinski definition) is 1. The van der Waals surface area contributed by atoms with E-state index in [0.29, 0.717) is 15.7 Å². The van der Waals surface area contributed by atoms with Crippen LogP contribution in [0.25, 0.3) is 5.69 Å². The molecule has 0 aliphatic heterocycles. The molecule has 0 unspecified atom stereocenters. The fourth-order valence-corrected chi connectivity index (χ4v) is 1.43. The summed E-state index contributed by atoms with van der Waals surface area (Å²) in [5, 5.41) is 8.83. The summed E-state index contributed by atoms with van der Waals surface area (Å²) in [6.07, 6.45) is 0. The molecule has 1 aromatic carbocycles. The first-order valence-electron chi connectivity index (χ1n) is 3.91. The van der Waals surface area contributed by atoms with E-state index in [2.05, 4.69) is 10.2 Å². The highest BCUT2D eigenvalue weighted by atomic mass is 35.5. The van der Waals surface area contributed by atoms with Crippen LogP contribution in [0.1, 0.15) is 0 Å². The number of anilines is 1. The zero-order chi connectivity index (χ0) is 11.0. The van der Waals surface area contributed by atoms with Crippen molar-refractivity contribution in [3.63, 3.8) is 0 Å². The van der Waals surface area contributed by atoms with E-state index in [1.54, 1.807) is 18.2 Å². The summed E-state index contributed by atoms with van der Waals surface area (Å²) in [4.78, 5) is 1.29. The second kappa shape index (κ2) is 3.89. The summed E-state index contributed by atoms with van der Waals surface area (Å²) in [6, 6.07) is 4.98. The number of nitrogens with zero attached hydrogens (tertiary/aromatic N) is 3. The van der Waals surface area contributed by atoms with Crippen LogP contribution in [-0.2, 0) is 0 Å². The van der Waals surface area contributed by atoms with Gasteiger partial charge in [-0.25, -0.2) is 0 Å². The third kappa shape index (κ3) is 2.02. The minimum atomic E-state index is 0.154. The monoisotopic (exact) mass is 262 g/mol. The molecule has 0 aliphatic carbocycles. The van der Waals surface area contributed by atoms with Crippen molar-refractivity contribution in [1.29, 1.82) is 0 Å². The Kier molecular flexibility index (Phi) is 2.73. The lowest BCUT2D eigenvalue weighted by Crippen LogP contribution is -1.99. The summed E-state index contributed by atoms with van der Waals surface area (Å²) in [5.41, 5.74) is 6.10. The molecule has 0 spiro atoms. The molecule has 0 fully saturated rings. The van der Waals surface area contributed by atoms with Crippen LogP contribution in [0, 0.1) is 0 Å². The highest BCUT2D eigenvalue weighted by Gasteiger charge is 2.07. The van der Waals surface area contributed by atoms with Gasteiger partial charge in [0.15, 0.2) is 11.0 Å². The molecule has 0 radical (unpaired) electrons. The first kappa shape index (κ1) is 10.5. The van der Waals surface area contributed by atoms with Gasteiger partial charge in [0.1, 0.15) is 0 Å². The molecule has 1 heterocycles. The molecule has 0 bridgehead atoms. The molecule has 78 valence electrons. The second-order valence-corrected chi connectivity index (χ2v) is 3.94. The van der Waals surface area contributed by atoms with Gasteiger partial charge < -0.3 is 5.73 Å². The van der Waals surface area contributed by atoms with Gasteiger partial charge in [0.05, 0.1) is 15.7 Å². The number of nitrogens with two attached hydrogens (primary N) is 1. The standard InChI is InChI=1S/C8H5Cl3N4/c9-5-2-1-4(3-6(5)10)15-13-7(11)8(12)14-15/h1-3H,(H2,12,14). The summed E-state index contributed by atoms with van der Waals surface area (Å²) in [7, 11) is 0. The van der Waals surface area contributed by atoms with Gasteiger partial charge in [-0.1, -0.05) is 34.8 Å². The smallest absolute Gasteiger partial charge is 0.195 e. The minimum Gasteiger partial charge on any atom is -0.380 e. The third-order valence-electron chi connectivity index (χ3n) is 1.73. The first-order chi connectivity index (χ1) is 7.08. The molecule has 0 saturated carbocycles. The van der Waals surface area contributed by atoms with Crippen molar-refractivity contribution >= 4 is 40.6 Å². The Morgan fingerprint density at radius 2 is 1.80 bits per heavy atom. The maximum absolute atomic E-state index is 5.85. The largest absolute Gasteiger partial charge is 0.380 e. The highest BCUT2D eigenvalue weighted by Crippen LogP contribution is 2.24. The van der Waals surface area contributed by atoms with Crippen LogP contribution in [-0.4, -0.2) is 15.0 Å². The molecular formula is C8H5Cl3N4. The molecule has 2 rings (SSSR count). The van der Waals surface area contributed by atoms with Crippen molar-refractivity contribution in [1.82, 2.24) is 15.0 Å². The Morgan fingerprint density at radius 3 is 2.33 bits per heavy atom. The molecular weight excluding hydrogens is 258 g/mol.